The van der Waals surface area contributed by atoms with Gasteiger partial charge in [-0.3, -0.25) is 0 Å². The molecule has 0 aromatic carbocycles. The summed E-state index contributed by atoms with van der Waals surface area (Å²) in [4.78, 5) is 12.1. The Hall–Kier alpha value is -1.65. The Morgan fingerprint density at radius 3 is 2.67 bits per heavy atom. The molecular formula is C20H30O4. The molecule has 0 saturated carbocycles. The van der Waals surface area contributed by atoms with Crippen LogP contribution in [0, 0.1) is 0 Å². The van der Waals surface area contributed by atoms with Crippen molar-refractivity contribution in [3.8, 4) is 0 Å². The monoisotopic (exact) mass is 334 g/mol. The van der Waals surface area contributed by atoms with Gasteiger partial charge in [0.25, 0.3) is 0 Å². The number of cyclic esters (lactones) is 1. The number of allylic oxidation sites excluding steroid dienone is 3. The molecule has 0 aliphatic carbocycles. The lowest BCUT2D eigenvalue weighted by molar-refractivity contribution is -0.143. The van der Waals surface area contributed by atoms with E-state index < -0.39 is 5.60 Å². The van der Waals surface area contributed by atoms with E-state index >= 15 is 0 Å². The van der Waals surface area contributed by atoms with Crippen LogP contribution in [0.2, 0.25) is 0 Å². The van der Waals surface area contributed by atoms with Crippen LogP contribution in [0.5, 0.6) is 0 Å². The maximum Gasteiger partial charge on any atom is 0.334 e. The van der Waals surface area contributed by atoms with E-state index in [9.17, 15) is 9.90 Å². The third-order valence-corrected chi connectivity index (χ3v) is 3.91. The van der Waals surface area contributed by atoms with E-state index in [-0.39, 0.29) is 18.7 Å². The van der Waals surface area contributed by atoms with Crippen molar-refractivity contribution in [2.75, 3.05) is 6.61 Å². The van der Waals surface area contributed by atoms with Crippen molar-refractivity contribution in [3.05, 3.63) is 47.1 Å². The minimum Gasteiger partial charge on any atom is -0.454 e. The van der Waals surface area contributed by atoms with E-state index in [4.69, 9.17) is 9.84 Å². The highest BCUT2D eigenvalue weighted by Gasteiger charge is 2.23. The zero-order valence-electron chi connectivity index (χ0n) is 15.2. The van der Waals surface area contributed by atoms with Crippen molar-refractivity contribution >= 4 is 5.97 Å². The second-order valence-corrected chi connectivity index (χ2v) is 6.84. The maximum atomic E-state index is 12.1. The number of rotatable bonds is 8. The van der Waals surface area contributed by atoms with Crippen molar-refractivity contribution < 1.29 is 19.7 Å². The molecule has 1 atom stereocenters. The molecule has 134 valence electrons. The van der Waals surface area contributed by atoms with Crippen LogP contribution in [-0.4, -0.2) is 34.5 Å². The smallest absolute Gasteiger partial charge is 0.334 e. The number of aliphatic hydroxyl groups is 2. The van der Waals surface area contributed by atoms with E-state index in [1.165, 1.54) is 0 Å². The SMILES string of the molecule is C/C(=C/CO)CC/C=C(\C)[C@H]1CC=C(C/C=C/C(C)(C)O)C(=O)O1. The summed E-state index contributed by atoms with van der Waals surface area (Å²) in [5, 5.41) is 18.5. The minimum atomic E-state index is -0.871. The highest BCUT2D eigenvalue weighted by Crippen LogP contribution is 2.23. The van der Waals surface area contributed by atoms with Crippen LogP contribution >= 0.6 is 0 Å². The van der Waals surface area contributed by atoms with Crippen LogP contribution in [0.4, 0.5) is 0 Å². The summed E-state index contributed by atoms with van der Waals surface area (Å²) in [7, 11) is 0. The summed E-state index contributed by atoms with van der Waals surface area (Å²) >= 11 is 0. The predicted octanol–water partition coefficient (Wildman–Crippen LogP) is 3.61. The van der Waals surface area contributed by atoms with Crippen LogP contribution in [0.3, 0.4) is 0 Å². The summed E-state index contributed by atoms with van der Waals surface area (Å²) in [6.45, 7) is 7.44. The Bertz CT molecular complexity index is 544. The van der Waals surface area contributed by atoms with E-state index in [1.54, 1.807) is 32.1 Å². The Labute approximate surface area is 145 Å². The molecule has 1 rings (SSSR count). The molecule has 0 saturated heterocycles. The Kier molecular flexibility index (Phi) is 8.16. The van der Waals surface area contributed by atoms with Gasteiger partial charge in [0.05, 0.1) is 12.2 Å². The summed E-state index contributed by atoms with van der Waals surface area (Å²) in [5.41, 5.74) is 1.98. The molecule has 4 heteroatoms. The molecule has 1 aliphatic heterocycles. The van der Waals surface area contributed by atoms with E-state index in [0.29, 0.717) is 18.4 Å². The molecule has 0 aromatic rings. The van der Waals surface area contributed by atoms with Crippen LogP contribution in [0.1, 0.15) is 53.4 Å². The van der Waals surface area contributed by atoms with Gasteiger partial charge in [-0.1, -0.05) is 36.0 Å². The number of esters is 1. The van der Waals surface area contributed by atoms with Gasteiger partial charge in [0, 0.05) is 12.0 Å². The Morgan fingerprint density at radius 1 is 1.38 bits per heavy atom. The summed E-state index contributed by atoms with van der Waals surface area (Å²) in [6, 6.07) is 0. The third-order valence-electron chi connectivity index (χ3n) is 3.91. The van der Waals surface area contributed by atoms with Crippen molar-refractivity contribution in [2.24, 2.45) is 0 Å². The summed E-state index contributed by atoms with van der Waals surface area (Å²) < 4.78 is 5.52. The molecule has 24 heavy (non-hydrogen) atoms. The van der Waals surface area contributed by atoms with Crippen LogP contribution in [-0.2, 0) is 9.53 Å². The highest BCUT2D eigenvalue weighted by atomic mass is 16.5. The first-order valence-electron chi connectivity index (χ1n) is 8.46. The molecule has 0 radical (unpaired) electrons. The number of ether oxygens (including phenoxy) is 1. The van der Waals surface area contributed by atoms with Gasteiger partial charge in [-0.05, 0) is 52.5 Å². The molecule has 0 bridgehead atoms. The molecule has 1 aliphatic rings. The zero-order chi connectivity index (χ0) is 18.2. The number of hydrogen-bond donors (Lipinski definition) is 2. The Morgan fingerprint density at radius 2 is 2.08 bits per heavy atom. The normalized spacial score (nSPS) is 20.3. The van der Waals surface area contributed by atoms with Crippen molar-refractivity contribution in [1.29, 1.82) is 0 Å². The fourth-order valence-electron chi connectivity index (χ4n) is 2.42. The van der Waals surface area contributed by atoms with Gasteiger partial charge >= 0.3 is 5.97 Å². The van der Waals surface area contributed by atoms with Gasteiger partial charge in [0.2, 0.25) is 0 Å². The first-order chi connectivity index (χ1) is 11.2. The van der Waals surface area contributed by atoms with Crippen molar-refractivity contribution in [1.82, 2.24) is 0 Å². The van der Waals surface area contributed by atoms with Crippen LogP contribution in [0.15, 0.2) is 47.1 Å². The highest BCUT2D eigenvalue weighted by molar-refractivity contribution is 5.89. The summed E-state index contributed by atoms with van der Waals surface area (Å²) in [6.07, 6.45) is 12.0. The number of carbonyl (C=O) groups excluding carboxylic acids is 1. The van der Waals surface area contributed by atoms with Gasteiger partial charge in [-0.25, -0.2) is 4.79 Å². The second-order valence-electron chi connectivity index (χ2n) is 6.84. The molecule has 0 aromatic heterocycles. The standard InChI is InChI=1S/C20H30O4/c1-15(12-14-21)7-5-8-16(2)18-11-10-17(19(22)24-18)9-6-13-20(3,4)23/h6,8,10,12-13,18,21,23H,5,7,9,11,14H2,1-4H3/b13-6+,15-12-,16-8+/t18-/m1/s1. The van der Waals surface area contributed by atoms with E-state index in [0.717, 1.165) is 24.0 Å². The van der Waals surface area contributed by atoms with Gasteiger partial charge in [0.15, 0.2) is 0 Å². The quantitative estimate of drug-likeness (QED) is 0.526. The van der Waals surface area contributed by atoms with Crippen molar-refractivity contribution in [2.45, 2.75) is 65.1 Å². The molecule has 0 spiro atoms. The topological polar surface area (TPSA) is 66.8 Å². The lowest BCUT2D eigenvalue weighted by atomic mass is 9.99. The molecule has 2 N–H and O–H groups in total. The predicted molar refractivity (Wildman–Crippen MR) is 96.5 cm³/mol. The first kappa shape index (κ1) is 20.4. The van der Waals surface area contributed by atoms with Crippen LogP contribution < -0.4 is 0 Å². The van der Waals surface area contributed by atoms with Crippen LogP contribution in [0.25, 0.3) is 0 Å². The summed E-state index contributed by atoms with van der Waals surface area (Å²) in [5.74, 6) is -0.282. The number of aliphatic hydroxyl groups excluding tert-OH is 1. The maximum absolute atomic E-state index is 12.1. The lowest BCUT2D eigenvalue weighted by Crippen LogP contribution is -2.24. The fourth-order valence-corrected chi connectivity index (χ4v) is 2.42. The van der Waals surface area contributed by atoms with Crippen molar-refractivity contribution in [3.63, 3.8) is 0 Å². The molecule has 0 unspecified atom stereocenters. The Balaban J connectivity index is 2.55. The lowest BCUT2D eigenvalue weighted by Gasteiger charge is -2.23. The average molecular weight is 334 g/mol. The van der Waals surface area contributed by atoms with Gasteiger partial charge in [0.1, 0.15) is 6.10 Å². The van der Waals surface area contributed by atoms with Gasteiger partial charge in [-0.2, -0.15) is 0 Å². The largest absolute Gasteiger partial charge is 0.454 e. The van der Waals surface area contributed by atoms with Gasteiger partial charge < -0.3 is 14.9 Å². The average Bonchev–Trinajstić information content (AvgIpc) is 2.47. The number of carbonyl (C=O) groups is 1. The number of hydrogen-bond acceptors (Lipinski definition) is 4. The van der Waals surface area contributed by atoms with E-state index in [1.807, 2.05) is 19.9 Å². The first-order valence-corrected chi connectivity index (χ1v) is 8.46. The zero-order valence-corrected chi connectivity index (χ0v) is 15.2. The molecule has 4 nitrogen and oxygen atoms in total. The molecule has 0 amide bonds. The molecule has 0 fully saturated rings. The molecular weight excluding hydrogens is 304 g/mol. The fraction of sp³-hybridized carbons (Fsp3) is 0.550. The third kappa shape index (κ3) is 7.75. The minimum absolute atomic E-state index is 0.0737. The van der Waals surface area contributed by atoms with Gasteiger partial charge in [-0.15, -0.1) is 0 Å². The molecule has 1 heterocycles. The second kappa shape index (κ2) is 9.60. The van der Waals surface area contributed by atoms with E-state index in [2.05, 4.69) is 6.08 Å².